The number of benzene rings is 2. The lowest BCUT2D eigenvalue weighted by molar-refractivity contribution is 0.113. The molecule has 1 fully saturated rings. The SMILES string of the molecule is CC(=NN1CCN(C2c3ccccc3-c3ccccc32)CC1)c1ccco1. The molecule has 2 aromatic carbocycles. The number of rotatable bonds is 3. The van der Waals surface area contributed by atoms with Crippen molar-refractivity contribution in [2.45, 2.75) is 13.0 Å². The van der Waals surface area contributed by atoms with Crippen molar-refractivity contribution in [3.05, 3.63) is 83.8 Å². The molecular formula is C23H23N3O. The second-order valence-corrected chi connectivity index (χ2v) is 7.23. The molecule has 0 atom stereocenters. The van der Waals surface area contributed by atoms with Gasteiger partial charge in [0.15, 0.2) is 0 Å². The molecule has 0 saturated carbocycles. The fraction of sp³-hybridized carbons (Fsp3) is 0.261. The Hall–Kier alpha value is -2.85. The van der Waals surface area contributed by atoms with Crippen molar-refractivity contribution in [2.75, 3.05) is 26.2 Å². The van der Waals surface area contributed by atoms with Crippen molar-refractivity contribution in [3.63, 3.8) is 0 Å². The van der Waals surface area contributed by atoms with Crippen molar-refractivity contribution >= 4 is 5.71 Å². The topological polar surface area (TPSA) is 32.0 Å². The molecule has 1 saturated heterocycles. The van der Waals surface area contributed by atoms with E-state index in [4.69, 9.17) is 9.52 Å². The van der Waals surface area contributed by atoms with E-state index in [1.165, 1.54) is 22.3 Å². The van der Waals surface area contributed by atoms with E-state index in [-0.39, 0.29) is 0 Å². The molecule has 0 amide bonds. The predicted octanol–water partition coefficient (Wildman–Crippen LogP) is 4.39. The minimum atomic E-state index is 0.356. The van der Waals surface area contributed by atoms with Crippen LogP contribution in [0, 0.1) is 0 Å². The number of piperazine rings is 1. The fourth-order valence-corrected chi connectivity index (χ4v) is 4.34. The molecule has 4 heteroatoms. The summed E-state index contributed by atoms with van der Waals surface area (Å²) in [6.45, 7) is 5.87. The number of hydrogen-bond acceptors (Lipinski definition) is 4. The van der Waals surface area contributed by atoms with Gasteiger partial charge < -0.3 is 4.42 Å². The second-order valence-electron chi connectivity index (χ2n) is 7.23. The van der Waals surface area contributed by atoms with Gasteiger partial charge in [-0.25, -0.2) is 0 Å². The Kier molecular flexibility index (Phi) is 4.06. The summed E-state index contributed by atoms with van der Waals surface area (Å²) in [6, 6.07) is 21.9. The quantitative estimate of drug-likeness (QED) is 0.652. The maximum Gasteiger partial charge on any atom is 0.149 e. The van der Waals surface area contributed by atoms with Gasteiger partial charge >= 0.3 is 0 Å². The van der Waals surface area contributed by atoms with Crippen molar-refractivity contribution < 1.29 is 4.42 Å². The monoisotopic (exact) mass is 357 g/mol. The number of hydrazone groups is 1. The van der Waals surface area contributed by atoms with Gasteiger partial charge in [0.25, 0.3) is 0 Å². The molecule has 3 aromatic rings. The van der Waals surface area contributed by atoms with E-state index in [1.807, 2.05) is 19.1 Å². The summed E-state index contributed by atoms with van der Waals surface area (Å²) in [5.41, 5.74) is 6.56. The smallest absolute Gasteiger partial charge is 0.149 e. The van der Waals surface area contributed by atoms with Crippen LogP contribution in [0.2, 0.25) is 0 Å². The maximum absolute atomic E-state index is 5.45. The van der Waals surface area contributed by atoms with E-state index in [2.05, 4.69) is 58.4 Å². The molecule has 0 N–H and O–H groups in total. The molecule has 1 aliphatic carbocycles. The zero-order chi connectivity index (χ0) is 18.2. The van der Waals surface area contributed by atoms with Crippen molar-refractivity contribution in [1.82, 2.24) is 9.91 Å². The van der Waals surface area contributed by atoms with Crippen LogP contribution >= 0.6 is 0 Å². The third kappa shape index (κ3) is 2.86. The highest BCUT2D eigenvalue weighted by atomic mass is 16.3. The van der Waals surface area contributed by atoms with Gasteiger partial charge in [-0.2, -0.15) is 5.10 Å². The zero-order valence-electron chi connectivity index (χ0n) is 15.5. The second kappa shape index (κ2) is 6.71. The lowest BCUT2D eigenvalue weighted by Gasteiger charge is -2.37. The fourth-order valence-electron chi connectivity index (χ4n) is 4.34. The molecule has 0 radical (unpaired) electrons. The van der Waals surface area contributed by atoms with Crippen LogP contribution in [0.1, 0.15) is 29.9 Å². The third-order valence-corrected chi connectivity index (χ3v) is 5.63. The molecule has 27 heavy (non-hydrogen) atoms. The molecule has 5 rings (SSSR count). The maximum atomic E-state index is 5.45. The molecular weight excluding hydrogens is 334 g/mol. The van der Waals surface area contributed by atoms with Crippen LogP contribution in [-0.2, 0) is 0 Å². The number of nitrogens with zero attached hydrogens (tertiary/aromatic N) is 3. The van der Waals surface area contributed by atoms with Gasteiger partial charge in [0.1, 0.15) is 5.76 Å². The normalized spacial score (nSPS) is 17.8. The van der Waals surface area contributed by atoms with Crippen LogP contribution in [0.4, 0.5) is 0 Å². The minimum absolute atomic E-state index is 0.356. The summed E-state index contributed by atoms with van der Waals surface area (Å²) in [5, 5.41) is 6.93. The summed E-state index contributed by atoms with van der Waals surface area (Å²) in [6.07, 6.45) is 1.70. The molecule has 2 aliphatic rings. The lowest BCUT2D eigenvalue weighted by Crippen LogP contribution is -2.45. The van der Waals surface area contributed by atoms with Crippen LogP contribution in [0.15, 0.2) is 76.4 Å². The molecule has 2 heterocycles. The summed E-state index contributed by atoms with van der Waals surface area (Å²) in [4.78, 5) is 2.60. The van der Waals surface area contributed by atoms with Crippen molar-refractivity contribution in [2.24, 2.45) is 5.10 Å². The molecule has 1 aromatic heterocycles. The molecule has 0 unspecified atom stereocenters. The summed E-state index contributed by atoms with van der Waals surface area (Å²) < 4.78 is 5.45. The highest BCUT2D eigenvalue weighted by molar-refractivity contribution is 5.95. The Labute approximate surface area is 159 Å². The Morgan fingerprint density at radius 2 is 1.48 bits per heavy atom. The van der Waals surface area contributed by atoms with E-state index in [1.54, 1.807) is 6.26 Å². The first-order valence-electron chi connectivity index (χ1n) is 9.57. The lowest BCUT2D eigenvalue weighted by atomic mass is 10.0. The molecule has 1 aliphatic heterocycles. The van der Waals surface area contributed by atoms with Crippen molar-refractivity contribution in [3.8, 4) is 11.1 Å². The zero-order valence-corrected chi connectivity index (χ0v) is 15.5. The van der Waals surface area contributed by atoms with Gasteiger partial charge in [-0.05, 0) is 41.3 Å². The number of fused-ring (bicyclic) bond motifs is 3. The van der Waals surface area contributed by atoms with E-state index in [0.717, 1.165) is 37.7 Å². The van der Waals surface area contributed by atoms with Crippen LogP contribution in [0.3, 0.4) is 0 Å². The first-order valence-corrected chi connectivity index (χ1v) is 9.57. The van der Waals surface area contributed by atoms with Crippen LogP contribution in [0.25, 0.3) is 11.1 Å². The summed E-state index contributed by atoms with van der Waals surface area (Å²) >= 11 is 0. The first kappa shape index (κ1) is 16.3. The Morgan fingerprint density at radius 1 is 0.852 bits per heavy atom. The first-order chi connectivity index (χ1) is 13.3. The van der Waals surface area contributed by atoms with Gasteiger partial charge in [0, 0.05) is 26.2 Å². The third-order valence-electron chi connectivity index (χ3n) is 5.63. The summed E-state index contributed by atoms with van der Waals surface area (Å²) in [5.74, 6) is 0.844. The number of hydrogen-bond donors (Lipinski definition) is 0. The molecule has 136 valence electrons. The van der Waals surface area contributed by atoms with Crippen LogP contribution in [-0.4, -0.2) is 41.8 Å². The van der Waals surface area contributed by atoms with Gasteiger partial charge in [-0.1, -0.05) is 48.5 Å². The Balaban J connectivity index is 1.36. The van der Waals surface area contributed by atoms with E-state index < -0.39 is 0 Å². The van der Waals surface area contributed by atoms with E-state index >= 15 is 0 Å². The number of furan rings is 1. The van der Waals surface area contributed by atoms with Crippen LogP contribution in [0.5, 0.6) is 0 Å². The Morgan fingerprint density at radius 3 is 2.07 bits per heavy atom. The molecule has 4 nitrogen and oxygen atoms in total. The average Bonchev–Trinajstić information content (AvgIpc) is 3.35. The van der Waals surface area contributed by atoms with Gasteiger partial charge in [-0.3, -0.25) is 9.91 Å². The largest absolute Gasteiger partial charge is 0.463 e. The van der Waals surface area contributed by atoms with Gasteiger partial charge in [0.2, 0.25) is 0 Å². The van der Waals surface area contributed by atoms with E-state index in [9.17, 15) is 0 Å². The molecule has 0 bridgehead atoms. The van der Waals surface area contributed by atoms with Crippen molar-refractivity contribution in [1.29, 1.82) is 0 Å². The highest BCUT2D eigenvalue weighted by Gasteiger charge is 2.33. The van der Waals surface area contributed by atoms with E-state index in [0.29, 0.717) is 6.04 Å². The standard InChI is InChI=1S/C23H23N3O/c1-17(22-11-6-16-27-22)24-26-14-12-25(13-15-26)23-20-9-4-2-7-18(20)19-8-3-5-10-21(19)23/h2-11,16,23H,12-15H2,1H3. The van der Waals surface area contributed by atoms with Gasteiger partial charge in [0.05, 0.1) is 18.0 Å². The van der Waals surface area contributed by atoms with Crippen LogP contribution < -0.4 is 0 Å². The predicted molar refractivity (Wildman–Crippen MR) is 108 cm³/mol. The average molecular weight is 357 g/mol. The van der Waals surface area contributed by atoms with Gasteiger partial charge in [-0.15, -0.1) is 0 Å². The summed E-state index contributed by atoms with van der Waals surface area (Å²) in [7, 11) is 0. The highest BCUT2D eigenvalue weighted by Crippen LogP contribution is 2.46. The molecule has 0 spiro atoms. The minimum Gasteiger partial charge on any atom is -0.463 e. The Bertz CT molecular complexity index is 923.